The van der Waals surface area contributed by atoms with Gasteiger partial charge in [0, 0.05) is 5.97 Å². The molecule has 0 saturated heterocycles. The summed E-state index contributed by atoms with van der Waals surface area (Å²) in [4.78, 5) is 10.2. The van der Waals surface area contributed by atoms with E-state index in [0.29, 0.717) is 12.8 Å². The lowest BCUT2D eigenvalue weighted by Gasteiger charge is -1.99. The first-order chi connectivity index (χ1) is 10.2. The maximum atomic E-state index is 10.2. The van der Waals surface area contributed by atoms with E-state index in [0.717, 1.165) is 25.7 Å². The van der Waals surface area contributed by atoms with Crippen LogP contribution < -0.4 is 5.11 Å². The Balaban J connectivity index is 3.62. The third-order valence-electron chi connectivity index (χ3n) is 2.80. The monoisotopic (exact) mass is 291 g/mol. The van der Waals surface area contributed by atoms with Gasteiger partial charge >= 0.3 is 0 Å². The summed E-state index contributed by atoms with van der Waals surface area (Å²) in [6, 6.07) is 0. The van der Waals surface area contributed by atoms with Gasteiger partial charge in [0.1, 0.15) is 0 Å². The molecule has 0 aliphatic carbocycles. The Kier molecular flexibility index (Phi) is 13.7. The molecule has 0 aromatic carbocycles. The van der Waals surface area contributed by atoms with Crippen LogP contribution in [0.3, 0.4) is 0 Å². The van der Waals surface area contributed by atoms with Crippen molar-refractivity contribution in [2.45, 2.75) is 58.0 Å². The number of carboxylic acid groups (broad SMARTS) is 1. The van der Waals surface area contributed by atoms with Gasteiger partial charge < -0.3 is 15.0 Å². The van der Waals surface area contributed by atoms with Crippen molar-refractivity contribution >= 4 is 5.97 Å². The highest BCUT2D eigenvalue weighted by Crippen LogP contribution is 2.01. The van der Waals surface area contributed by atoms with Gasteiger partial charge in [-0.25, -0.2) is 0 Å². The Morgan fingerprint density at radius 1 is 1.10 bits per heavy atom. The van der Waals surface area contributed by atoms with E-state index in [1.807, 2.05) is 24.3 Å². The third-order valence-corrected chi connectivity index (χ3v) is 2.80. The van der Waals surface area contributed by atoms with Crippen LogP contribution in [0.25, 0.3) is 0 Å². The second-order valence-corrected chi connectivity index (χ2v) is 4.82. The van der Waals surface area contributed by atoms with Crippen LogP contribution in [0.2, 0.25) is 0 Å². The predicted molar refractivity (Wildman–Crippen MR) is 85.6 cm³/mol. The Hall–Kier alpha value is -1.61. The number of allylic oxidation sites excluding steroid dienone is 6. The van der Waals surface area contributed by atoms with Crippen LogP contribution in [0.5, 0.6) is 0 Å². The summed E-state index contributed by atoms with van der Waals surface area (Å²) < 4.78 is 0. The molecule has 0 rings (SSSR count). The highest BCUT2D eigenvalue weighted by molar-refractivity contribution is 5.64. The summed E-state index contributed by atoms with van der Waals surface area (Å²) >= 11 is 0. The van der Waals surface area contributed by atoms with E-state index in [-0.39, 0.29) is 6.42 Å². The van der Waals surface area contributed by atoms with E-state index < -0.39 is 12.1 Å². The summed E-state index contributed by atoms with van der Waals surface area (Å²) in [7, 11) is 0. The number of aliphatic hydroxyl groups excluding tert-OH is 1. The van der Waals surface area contributed by atoms with Crippen LogP contribution in [0, 0.1) is 0 Å². The maximum Gasteiger partial charge on any atom is 0.0758 e. The van der Waals surface area contributed by atoms with E-state index in [1.54, 1.807) is 6.08 Å². The van der Waals surface area contributed by atoms with Crippen molar-refractivity contribution in [1.82, 2.24) is 0 Å². The molecule has 0 radical (unpaired) electrons. The smallest absolute Gasteiger partial charge is 0.0758 e. The molecule has 21 heavy (non-hydrogen) atoms. The zero-order valence-corrected chi connectivity index (χ0v) is 12.9. The topological polar surface area (TPSA) is 60.4 Å². The first-order valence-corrected chi connectivity index (χ1v) is 7.68. The summed E-state index contributed by atoms with van der Waals surface area (Å²) in [5.41, 5.74) is 0. The minimum atomic E-state index is -0.986. The van der Waals surface area contributed by atoms with Gasteiger partial charge in [-0.1, -0.05) is 55.5 Å². The summed E-state index contributed by atoms with van der Waals surface area (Å²) in [5.74, 6) is -0.986. The molecule has 0 heterocycles. The molecule has 3 nitrogen and oxygen atoms in total. The van der Waals surface area contributed by atoms with Crippen LogP contribution in [0.1, 0.15) is 51.9 Å². The fourth-order valence-corrected chi connectivity index (χ4v) is 1.65. The van der Waals surface area contributed by atoms with Gasteiger partial charge in [0.15, 0.2) is 0 Å². The summed E-state index contributed by atoms with van der Waals surface area (Å²) in [6.45, 7) is 2.10. The second kappa shape index (κ2) is 14.8. The normalized spacial score (nSPS) is 14.0. The minimum Gasteiger partial charge on any atom is -0.550 e. The van der Waals surface area contributed by atoms with E-state index in [2.05, 4.69) is 25.2 Å². The van der Waals surface area contributed by atoms with Gasteiger partial charge in [-0.05, 0) is 44.9 Å². The van der Waals surface area contributed by atoms with Crippen molar-refractivity contribution in [1.29, 1.82) is 0 Å². The van der Waals surface area contributed by atoms with Crippen molar-refractivity contribution < 1.29 is 15.0 Å². The van der Waals surface area contributed by atoms with Crippen molar-refractivity contribution in [3.8, 4) is 0 Å². The lowest BCUT2D eigenvalue weighted by Crippen LogP contribution is -2.21. The molecule has 118 valence electrons. The summed E-state index contributed by atoms with van der Waals surface area (Å²) in [5, 5.41) is 19.9. The molecule has 1 N–H and O–H groups in total. The van der Waals surface area contributed by atoms with Gasteiger partial charge in [-0.2, -0.15) is 0 Å². The first-order valence-electron chi connectivity index (χ1n) is 7.68. The Labute approximate surface area is 128 Å². The van der Waals surface area contributed by atoms with E-state index >= 15 is 0 Å². The van der Waals surface area contributed by atoms with Crippen LogP contribution in [0.15, 0.2) is 48.6 Å². The molecule has 0 aliphatic heterocycles. The zero-order valence-electron chi connectivity index (χ0n) is 12.9. The van der Waals surface area contributed by atoms with Crippen molar-refractivity contribution in [2.24, 2.45) is 0 Å². The summed E-state index contributed by atoms with van der Waals surface area (Å²) in [6.07, 6.45) is 20.3. The molecule has 0 aliphatic rings. The quantitative estimate of drug-likeness (QED) is 0.341. The third kappa shape index (κ3) is 16.3. The number of carbonyl (C=O) groups is 1. The largest absolute Gasteiger partial charge is 0.550 e. The minimum absolute atomic E-state index is 0.127. The standard InChI is InChI=1S/C18H28O3/c1-2-3-4-5-8-11-14-17(19)15-12-9-6-7-10-13-16-18(20)21/h3-4,6,8-9,11-12,15,17,19H,2,5,7,10,13-14,16H2,1H3,(H,20,21)/p-1/b4-3-,9-6-,11-8-,15-12-. The number of hydrogen-bond donors (Lipinski definition) is 1. The molecule has 0 saturated carbocycles. The number of rotatable bonds is 12. The Morgan fingerprint density at radius 3 is 2.57 bits per heavy atom. The van der Waals surface area contributed by atoms with Crippen LogP contribution in [-0.2, 0) is 4.79 Å². The number of unbranched alkanes of at least 4 members (excludes halogenated alkanes) is 2. The Morgan fingerprint density at radius 2 is 1.86 bits per heavy atom. The van der Waals surface area contributed by atoms with E-state index in [4.69, 9.17) is 0 Å². The van der Waals surface area contributed by atoms with Crippen molar-refractivity contribution in [3.05, 3.63) is 48.6 Å². The van der Waals surface area contributed by atoms with E-state index in [1.165, 1.54) is 0 Å². The molecule has 3 heteroatoms. The lowest BCUT2D eigenvalue weighted by molar-refractivity contribution is -0.305. The second-order valence-electron chi connectivity index (χ2n) is 4.82. The van der Waals surface area contributed by atoms with Crippen LogP contribution in [-0.4, -0.2) is 17.2 Å². The molecular formula is C18H27O3-. The molecule has 0 bridgehead atoms. The average Bonchev–Trinajstić information content (AvgIpc) is 2.45. The number of aliphatic hydroxyl groups is 1. The van der Waals surface area contributed by atoms with E-state index in [9.17, 15) is 15.0 Å². The number of carbonyl (C=O) groups excluding carboxylic acids is 1. The maximum absolute atomic E-state index is 10.2. The van der Waals surface area contributed by atoms with Crippen LogP contribution in [0.4, 0.5) is 0 Å². The van der Waals surface area contributed by atoms with Gasteiger partial charge in [0.25, 0.3) is 0 Å². The molecule has 0 fully saturated rings. The molecule has 0 aromatic rings. The zero-order chi connectivity index (χ0) is 15.8. The molecule has 0 amide bonds. The highest BCUT2D eigenvalue weighted by Gasteiger charge is 1.92. The number of carboxylic acids is 1. The van der Waals surface area contributed by atoms with Crippen LogP contribution >= 0.6 is 0 Å². The van der Waals surface area contributed by atoms with Gasteiger partial charge in [0.2, 0.25) is 0 Å². The first kappa shape index (κ1) is 19.4. The van der Waals surface area contributed by atoms with Crippen molar-refractivity contribution in [2.75, 3.05) is 0 Å². The molecular weight excluding hydrogens is 264 g/mol. The van der Waals surface area contributed by atoms with Gasteiger partial charge in [-0.3, -0.25) is 0 Å². The lowest BCUT2D eigenvalue weighted by atomic mass is 10.2. The Bertz CT molecular complexity index is 365. The van der Waals surface area contributed by atoms with Crippen molar-refractivity contribution in [3.63, 3.8) is 0 Å². The molecule has 0 spiro atoms. The SMILES string of the molecule is CC/C=C\C/C=C\CC(O)/C=C\C=C/CCCCC(=O)[O-]. The van der Waals surface area contributed by atoms with Gasteiger partial charge in [-0.15, -0.1) is 0 Å². The molecule has 0 aromatic heterocycles. The average molecular weight is 291 g/mol. The number of aliphatic carboxylic acids is 1. The number of hydrogen-bond acceptors (Lipinski definition) is 3. The highest BCUT2D eigenvalue weighted by atomic mass is 16.4. The molecule has 1 atom stereocenters. The predicted octanol–water partition coefficient (Wildman–Crippen LogP) is 3.07. The molecule has 1 unspecified atom stereocenters. The fourth-order valence-electron chi connectivity index (χ4n) is 1.65. The van der Waals surface area contributed by atoms with Gasteiger partial charge in [0.05, 0.1) is 6.10 Å². The fraction of sp³-hybridized carbons (Fsp3) is 0.500.